The highest BCUT2D eigenvalue weighted by molar-refractivity contribution is 4.79. The monoisotopic (exact) mass is 213 g/mol. The lowest BCUT2D eigenvalue weighted by molar-refractivity contribution is -0.0539. The molecule has 0 aromatic carbocycles. The van der Waals surface area contributed by atoms with Crippen molar-refractivity contribution in [2.45, 2.75) is 63.9 Å². The number of hydrogen-bond acceptors (Lipinski definition) is 3. The summed E-state index contributed by atoms with van der Waals surface area (Å²) in [6.07, 6.45) is 5.93. The molecule has 0 aromatic rings. The van der Waals surface area contributed by atoms with Crippen LogP contribution in [0.1, 0.15) is 39.5 Å². The van der Waals surface area contributed by atoms with Gasteiger partial charge in [0.2, 0.25) is 0 Å². The number of hydrogen-bond donors (Lipinski definition) is 1. The smallest absolute Gasteiger partial charge is 0.0813 e. The molecule has 0 amide bonds. The quantitative estimate of drug-likeness (QED) is 0.774. The van der Waals surface area contributed by atoms with E-state index in [1.807, 2.05) is 0 Å². The van der Waals surface area contributed by atoms with Crippen LogP contribution in [0.4, 0.5) is 0 Å². The van der Waals surface area contributed by atoms with Crippen LogP contribution >= 0.6 is 0 Å². The lowest BCUT2D eigenvalue weighted by atomic mass is 10.0. The van der Waals surface area contributed by atoms with E-state index >= 15 is 0 Å². The first-order valence-corrected chi connectivity index (χ1v) is 6.26. The summed E-state index contributed by atoms with van der Waals surface area (Å²) in [5, 5.41) is 3.45. The average Bonchev–Trinajstić information content (AvgIpc) is 2.63. The first kappa shape index (κ1) is 11.4. The molecule has 15 heavy (non-hydrogen) atoms. The van der Waals surface area contributed by atoms with E-state index in [-0.39, 0.29) is 0 Å². The number of ether oxygens (including phenoxy) is 2. The maximum absolute atomic E-state index is 5.94. The Balaban J connectivity index is 1.68. The summed E-state index contributed by atoms with van der Waals surface area (Å²) in [6.45, 7) is 6.27. The van der Waals surface area contributed by atoms with Gasteiger partial charge in [-0.25, -0.2) is 0 Å². The molecule has 0 aromatic heterocycles. The van der Waals surface area contributed by atoms with Crippen molar-refractivity contribution in [3.63, 3.8) is 0 Å². The van der Waals surface area contributed by atoms with Crippen LogP contribution in [0.5, 0.6) is 0 Å². The summed E-state index contributed by atoms with van der Waals surface area (Å²) >= 11 is 0. The van der Waals surface area contributed by atoms with Gasteiger partial charge in [0.15, 0.2) is 0 Å². The Kier molecular flexibility index (Phi) is 4.00. The summed E-state index contributed by atoms with van der Waals surface area (Å²) in [4.78, 5) is 0. The van der Waals surface area contributed by atoms with Crippen LogP contribution in [-0.2, 0) is 9.47 Å². The summed E-state index contributed by atoms with van der Waals surface area (Å²) in [6, 6.07) is 0.498. The van der Waals surface area contributed by atoms with E-state index in [0.717, 1.165) is 19.6 Å². The Morgan fingerprint density at radius 2 is 2.13 bits per heavy atom. The van der Waals surface area contributed by atoms with E-state index in [1.54, 1.807) is 0 Å². The van der Waals surface area contributed by atoms with Crippen molar-refractivity contribution < 1.29 is 9.47 Å². The van der Waals surface area contributed by atoms with E-state index in [2.05, 4.69) is 19.2 Å². The maximum atomic E-state index is 5.94. The van der Waals surface area contributed by atoms with E-state index in [4.69, 9.17) is 9.47 Å². The molecule has 0 aliphatic carbocycles. The Bertz CT molecular complexity index is 198. The molecule has 0 bridgehead atoms. The van der Waals surface area contributed by atoms with Gasteiger partial charge in [-0.1, -0.05) is 0 Å². The molecule has 2 fully saturated rings. The topological polar surface area (TPSA) is 30.5 Å². The SMILES string of the molecule is CC1CCC(COC2CCCNC2C)O1. The molecule has 4 unspecified atom stereocenters. The predicted molar refractivity (Wildman–Crippen MR) is 60.0 cm³/mol. The van der Waals surface area contributed by atoms with Gasteiger partial charge < -0.3 is 14.8 Å². The van der Waals surface area contributed by atoms with Crippen molar-refractivity contribution in [1.29, 1.82) is 0 Å². The van der Waals surface area contributed by atoms with Gasteiger partial charge in [-0.2, -0.15) is 0 Å². The lowest BCUT2D eigenvalue weighted by Crippen LogP contribution is -2.44. The Morgan fingerprint density at radius 3 is 2.80 bits per heavy atom. The zero-order valence-corrected chi connectivity index (χ0v) is 9.87. The summed E-state index contributed by atoms with van der Waals surface area (Å²) < 4.78 is 11.7. The fraction of sp³-hybridized carbons (Fsp3) is 1.00. The van der Waals surface area contributed by atoms with Gasteiger partial charge in [-0.05, 0) is 46.1 Å². The normalized spacial score (nSPS) is 42.0. The van der Waals surface area contributed by atoms with Crippen LogP contribution in [-0.4, -0.2) is 37.5 Å². The highest BCUT2D eigenvalue weighted by Crippen LogP contribution is 2.21. The standard InChI is InChI=1S/C12H23NO2/c1-9-5-6-11(15-9)8-14-12-4-3-7-13-10(12)2/h9-13H,3-8H2,1-2H3. The van der Waals surface area contributed by atoms with Crippen molar-refractivity contribution in [3.05, 3.63) is 0 Å². The van der Waals surface area contributed by atoms with Gasteiger partial charge in [-0.3, -0.25) is 0 Å². The number of rotatable bonds is 3. The molecule has 4 atom stereocenters. The predicted octanol–water partition coefficient (Wildman–Crippen LogP) is 1.71. The molecule has 3 heteroatoms. The summed E-state index contributed by atoms with van der Waals surface area (Å²) in [5.74, 6) is 0. The number of piperidine rings is 1. The molecule has 1 N–H and O–H groups in total. The zero-order chi connectivity index (χ0) is 10.7. The van der Waals surface area contributed by atoms with Crippen molar-refractivity contribution >= 4 is 0 Å². The third kappa shape index (κ3) is 3.16. The third-order valence-corrected chi connectivity index (χ3v) is 3.51. The van der Waals surface area contributed by atoms with Gasteiger partial charge in [0.25, 0.3) is 0 Å². The third-order valence-electron chi connectivity index (χ3n) is 3.51. The van der Waals surface area contributed by atoms with Crippen LogP contribution in [0.25, 0.3) is 0 Å². The molecule has 2 aliphatic rings. The molecule has 0 spiro atoms. The Hall–Kier alpha value is -0.120. The van der Waals surface area contributed by atoms with Crippen LogP contribution in [0.3, 0.4) is 0 Å². The molecule has 2 saturated heterocycles. The molecule has 0 radical (unpaired) electrons. The molecule has 0 saturated carbocycles. The molecule has 2 aliphatic heterocycles. The van der Waals surface area contributed by atoms with Gasteiger partial charge in [0.1, 0.15) is 0 Å². The van der Waals surface area contributed by atoms with Crippen LogP contribution in [0, 0.1) is 0 Å². The van der Waals surface area contributed by atoms with E-state index < -0.39 is 0 Å². The van der Waals surface area contributed by atoms with Gasteiger partial charge >= 0.3 is 0 Å². The summed E-state index contributed by atoms with van der Waals surface area (Å²) in [7, 11) is 0. The van der Waals surface area contributed by atoms with Crippen molar-refractivity contribution in [2.75, 3.05) is 13.2 Å². The average molecular weight is 213 g/mol. The van der Waals surface area contributed by atoms with E-state index in [9.17, 15) is 0 Å². The van der Waals surface area contributed by atoms with Crippen LogP contribution < -0.4 is 5.32 Å². The fourth-order valence-corrected chi connectivity index (χ4v) is 2.48. The molecule has 2 rings (SSSR count). The highest BCUT2D eigenvalue weighted by Gasteiger charge is 2.26. The minimum Gasteiger partial charge on any atom is -0.374 e. The molecule has 88 valence electrons. The lowest BCUT2D eigenvalue weighted by Gasteiger charge is -2.30. The van der Waals surface area contributed by atoms with E-state index in [0.29, 0.717) is 24.4 Å². The first-order valence-electron chi connectivity index (χ1n) is 6.26. The van der Waals surface area contributed by atoms with Gasteiger partial charge in [0, 0.05) is 6.04 Å². The van der Waals surface area contributed by atoms with Crippen LogP contribution in [0.15, 0.2) is 0 Å². The van der Waals surface area contributed by atoms with Crippen molar-refractivity contribution in [1.82, 2.24) is 5.32 Å². The molecule has 3 nitrogen and oxygen atoms in total. The highest BCUT2D eigenvalue weighted by atomic mass is 16.5. The zero-order valence-electron chi connectivity index (χ0n) is 9.87. The molecule has 2 heterocycles. The molecular weight excluding hydrogens is 190 g/mol. The first-order chi connectivity index (χ1) is 7.25. The second-order valence-corrected chi connectivity index (χ2v) is 4.90. The molecular formula is C12H23NO2. The van der Waals surface area contributed by atoms with Crippen molar-refractivity contribution in [3.8, 4) is 0 Å². The largest absolute Gasteiger partial charge is 0.374 e. The summed E-state index contributed by atoms with van der Waals surface area (Å²) in [5.41, 5.74) is 0. The minimum atomic E-state index is 0.342. The minimum absolute atomic E-state index is 0.342. The fourth-order valence-electron chi connectivity index (χ4n) is 2.48. The Labute approximate surface area is 92.5 Å². The second-order valence-electron chi connectivity index (χ2n) is 4.90. The second kappa shape index (κ2) is 5.28. The van der Waals surface area contributed by atoms with E-state index in [1.165, 1.54) is 19.3 Å². The van der Waals surface area contributed by atoms with Gasteiger partial charge in [-0.15, -0.1) is 0 Å². The van der Waals surface area contributed by atoms with Crippen molar-refractivity contribution in [2.24, 2.45) is 0 Å². The Morgan fingerprint density at radius 1 is 1.27 bits per heavy atom. The maximum Gasteiger partial charge on any atom is 0.0813 e. The number of nitrogens with one attached hydrogen (secondary N) is 1. The van der Waals surface area contributed by atoms with Gasteiger partial charge in [0.05, 0.1) is 24.9 Å². The van der Waals surface area contributed by atoms with Crippen LogP contribution in [0.2, 0.25) is 0 Å².